The molecular formula is C23H28ClN3O2. The molecule has 2 aromatic carbocycles. The summed E-state index contributed by atoms with van der Waals surface area (Å²) in [7, 11) is 0. The number of carbonyl (C=O) groups excluding carboxylic acids is 2. The molecule has 1 fully saturated rings. The van der Waals surface area contributed by atoms with Crippen molar-refractivity contribution in [2.24, 2.45) is 5.92 Å². The first-order valence-corrected chi connectivity index (χ1v) is 10.5. The number of nitrogens with one attached hydrogen (secondary N) is 2. The van der Waals surface area contributed by atoms with E-state index in [2.05, 4.69) is 27.7 Å². The fourth-order valence-corrected chi connectivity index (χ4v) is 3.66. The minimum Gasteiger partial charge on any atom is -0.354 e. The highest BCUT2D eigenvalue weighted by Gasteiger charge is 2.22. The van der Waals surface area contributed by atoms with Crippen molar-refractivity contribution in [3.8, 4) is 0 Å². The summed E-state index contributed by atoms with van der Waals surface area (Å²) < 4.78 is 0. The Balaban J connectivity index is 1.36. The lowest BCUT2D eigenvalue weighted by molar-refractivity contribution is -0.122. The average Bonchev–Trinajstić information content (AvgIpc) is 2.75. The molecule has 0 saturated carbocycles. The largest absolute Gasteiger partial charge is 0.354 e. The number of benzene rings is 2. The second-order valence-electron chi connectivity index (χ2n) is 7.65. The summed E-state index contributed by atoms with van der Waals surface area (Å²) in [6, 6.07) is 16.4. The summed E-state index contributed by atoms with van der Waals surface area (Å²) in [5, 5.41) is 6.51. The van der Waals surface area contributed by atoms with Crippen LogP contribution in [0.4, 0.5) is 0 Å². The molecule has 1 unspecified atom stereocenters. The van der Waals surface area contributed by atoms with Crippen molar-refractivity contribution in [1.82, 2.24) is 15.5 Å². The lowest BCUT2D eigenvalue weighted by Gasteiger charge is -2.32. The zero-order valence-corrected chi connectivity index (χ0v) is 17.5. The van der Waals surface area contributed by atoms with Crippen molar-refractivity contribution in [3.63, 3.8) is 0 Å². The summed E-state index contributed by atoms with van der Waals surface area (Å²) in [6.07, 6.45) is 2.11. The number of likely N-dealkylation sites (tertiary alicyclic amines) is 1. The molecule has 5 nitrogen and oxygen atoms in total. The van der Waals surface area contributed by atoms with E-state index in [4.69, 9.17) is 11.6 Å². The fraction of sp³-hybridized carbons (Fsp3) is 0.391. The third-order valence-corrected chi connectivity index (χ3v) is 5.62. The van der Waals surface area contributed by atoms with E-state index in [1.54, 1.807) is 31.2 Å². The molecule has 1 atom stereocenters. The Bertz CT molecular complexity index is 803. The molecule has 2 amide bonds. The molecular weight excluding hydrogens is 386 g/mol. The predicted octanol–water partition coefficient (Wildman–Crippen LogP) is 3.49. The molecule has 2 aromatic rings. The van der Waals surface area contributed by atoms with E-state index in [1.165, 1.54) is 5.56 Å². The Hall–Kier alpha value is -2.37. The van der Waals surface area contributed by atoms with Crippen molar-refractivity contribution < 1.29 is 9.59 Å². The van der Waals surface area contributed by atoms with Crippen LogP contribution in [0.1, 0.15) is 35.7 Å². The Morgan fingerprint density at radius 2 is 1.72 bits per heavy atom. The van der Waals surface area contributed by atoms with Gasteiger partial charge in [-0.1, -0.05) is 41.9 Å². The van der Waals surface area contributed by atoms with Gasteiger partial charge in [-0.25, -0.2) is 0 Å². The Kier molecular flexibility index (Phi) is 7.67. The molecule has 29 heavy (non-hydrogen) atoms. The first kappa shape index (κ1) is 21.3. The van der Waals surface area contributed by atoms with Crippen molar-refractivity contribution in [2.45, 2.75) is 32.4 Å². The van der Waals surface area contributed by atoms with Crippen LogP contribution in [-0.4, -0.2) is 42.4 Å². The van der Waals surface area contributed by atoms with Gasteiger partial charge < -0.3 is 10.6 Å². The van der Waals surface area contributed by atoms with E-state index in [-0.39, 0.29) is 11.8 Å². The van der Waals surface area contributed by atoms with Crippen LogP contribution in [0.3, 0.4) is 0 Å². The van der Waals surface area contributed by atoms with Gasteiger partial charge in [0.05, 0.1) is 0 Å². The second-order valence-corrected chi connectivity index (χ2v) is 8.09. The van der Waals surface area contributed by atoms with E-state index in [1.807, 2.05) is 18.2 Å². The Labute approximate surface area is 177 Å². The minimum absolute atomic E-state index is 0.141. The Morgan fingerprint density at radius 1 is 1.07 bits per heavy atom. The predicted molar refractivity (Wildman–Crippen MR) is 116 cm³/mol. The standard InChI is InChI=1S/C23H28ClN3O2/c1-17(26-23(29)20-5-3-2-4-6-20)22(28)25-15-18-11-13-27(14-12-18)16-19-7-9-21(24)10-8-19/h2-10,17-18H,11-16H2,1H3,(H,25,28)(H,26,29). The minimum atomic E-state index is -0.562. The van der Waals surface area contributed by atoms with Crippen LogP contribution in [0.5, 0.6) is 0 Å². The smallest absolute Gasteiger partial charge is 0.251 e. The van der Waals surface area contributed by atoms with E-state index in [0.717, 1.165) is 37.5 Å². The molecule has 6 heteroatoms. The van der Waals surface area contributed by atoms with Gasteiger partial charge in [0.25, 0.3) is 5.91 Å². The Morgan fingerprint density at radius 3 is 2.38 bits per heavy atom. The molecule has 0 bridgehead atoms. The topological polar surface area (TPSA) is 61.4 Å². The molecule has 0 radical (unpaired) electrons. The maximum absolute atomic E-state index is 12.3. The van der Waals surface area contributed by atoms with Crippen LogP contribution >= 0.6 is 11.6 Å². The van der Waals surface area contributed by atoms with Crippen LogP contribution < -0.4 is 10.6 Å². The molecule has 154 valence electrons. The molecule has 1 aliphatic heterocycles. The van der Waals surface area contributed by atoms with Crippen LogP contribution in [0.25, 0.3) is 0 Å². The maximum atomic E-state index is 12.3. The highest BCUT2D eigenvalue weighted by molar-refractivity contribution is 6.30. The first-order chi connectivity index (χ1) is 14.0. The second kappa shape index (κ2) is 10.4. The first-order valence-electron chi connectivity index (χ1n) is 10.1. The average molecular weight is 414 g/mol. The lowest BCUT2D eigenvalue weighted by Crippen LogP contribution is -2.47. The van der Waals surface area contributed by atoms with Crippen LogP contribution in [-0.2, 0) is 11.3 Å². The maximum Gasteiger partial charge on any atom is 0.251 e. The highest BCUT2D eigenvalue weighted by atomic mass is 35.5. The van der Waals surface area contributed by atoms with E-state index in [9.17, 15) is 9.59 Å². The summed E-state index contributed by atoms with van der Waals surface area (Å²) >= 11 is 5.94. The summed E-state index contributed by atoms with van der Waals surface area (Å²) in [5.74, 6) is 0.0964. The van der Waals surface area contributed by atoms with Crippen molar-refractivity contribution in [1.29, 1.82) is 0 Å². The van der Waals surface area contributed by atoms with Gasteiger partial charge in [0, 0.05) is 23.7 Å². The van der Waals surface area contributed by atoms with Crippen LogP contribution in [0, 0.1) is 5.92 Å². The van der Waals surface area contributed by atoms with Gasteiger partial charge in [0.1, 0.15) is 6.04 Å². The van der Waals surface area contributed by atoms with Gasteiger partial charge in [-0.05, 0) is 68.6 Å². The van der Waals surface area contributed by atoms with Gasteiger partial charge in [0.15, 0.2) is 0 Å². The number of nitrogens with zero attached hydrogens (tertiary/aromatic N) is 1. The van der Waals surface area contributed by atoms with Crippen molar-refractivity contribution in [3.05, 3.63) is 70.7 Å². The quantitative estimate of drug-likeness (QED) is 0.730. The molecule has 0 aromatic heterocycles. The third kappa shape index (κ3) is 6.58. The third-order valence-electron chi connectivity index (χ3n) is 5.37. The van der Waals surface area contributed by atoms with Crippen LogP contribution in [0.15, 0.2) is 54.6 Å². The number of piperidine rings is 1. The number of halogens is 1. The number of amides is 2. The number of carbonyl (C=O) groups is 2. The zero-order valence-electron chi connectivity index (χ0n) is 16.7. The molecule has 1 saturated heterocycles. The van der Waals surface area contributed by atoms with Gasteiger partial charge >= 0.3 is 0 Å². The van der Waals surface area contributed by atoms with Crippen molar-refractivity contribution in [2.75, 3.05) is 19.6 Å². The zero-order chi connectivity index (χ0) is 20.6. The van der Waals surface area contributed by atoms with Gasteiger partial charge in [-0.2, -0.15) is 0 Å². The van der Waals surface area contributed by atoms with Crippen molar-refractivity contribution >= 4 is 23.4 Å². The summed E-state index contributed by atoms with van der Waals surface area (Å²) in [6.45, 7) is 5.33. The lowest BCUT2D eigenvalue weighted by atomic mass is 9.96. The molecule has 3 rings (SSSR count). The number of hydrogen-bond acceptors (Lipinski definition) is 3. The van der Waals surface area contributed by atoms with Gasteiger partial charge in [-0.15, -0.1) is 0 Å². The molecule has 2 N–H and O–H groups in total. The molecule has 1 aliphatic rings. The van der Waals surface area contributed by atoms with E-state index >= 15 is 0 Å². The fourth-order valence-electron chi connectivity index (χ4n) is 3.53. The summed E-state index contributed by atoms with van der Waals surface area (Å²) in [5.41, 5.74) is 1.82. The van der Waals surface area contributed by atoms with E-state index < -0.39 is 6.04 Å². The normalized spacial score (nSPS) is 16.2. The van der Waals surface area contributed by atoms with Gasteiger partial charge in [0.2, 0.25) is 5.91 Å². The number of hydrogen-bond donors (Lipinski definition) is 2. The molecule has 1 heterocycles. The molecule has 0 aliphatic carbocycles. The number of rotatable bonds is 7. The van der Waals surface area contributed by atoms with Crippen LogP contribution in [0.2, 0.25) is 5.02 Å². The summed E-state index contributed by atoms with van der Waals surface area (Å²) in [4.78, 5) is 26.9. The SMILES string of the molecule is CC(NC(=O)c1ccccc1)C(=O)NCC1CCN(Cc2ccc(Cl)cc2)CC1. The monoisotopic (exact) mass is 413 g/mol. The van der Waals surface area contributed by atoms with E-state index in [0.29, 0.717) is 18.0 Å². The molecule has 0 spiro atoms. The highest BCUT2D eigenvalue weighted by Crippen LogP contribution is 2.19. The van der Waals surface area contributed by atoms with Gasteiger partial charge in [-0.3, -0.25) is 14.5 Å².